The van der Waals surface area contributed by atoms with E-state index >= 15 is 0 Å². The zero-order valence-electron chi connectivity index (χ0n) is 15.0. The molecule has 1 heterocycles. The molecular weight excluding hydrogens is 365 g/mol. The number of carbonyl (C=O) groups excluding carboxylic acids is 3. The second-order valence-corrected chi connectivity index (χ2v) is 6.21. The molecule has 1 aliphatic rings. The molecule has 1 atom stereocenters. The van der Waals surface area contributed by atoms with Gasteiger partial charge in [0, 0.05) is 33.1 Å². The molecule has 1 fully saturated rings. The molecule has 0 bridgehead atoms. The van der Waals surface area contributed by atoms with Crippen LogP contribution in [0.4, 0.5) is 18.9 Å². The minimum absolute atomic E-state index is 0.0205. The van der Waals surface area contributed by atoms with Crippen molar-refractivity contribution in [3.05, 3.63) is 29.6 Å². The van der Waals surface area contributed by atoms with Crippen molar-refractivity contribution in [2.24, 2.45) is 0 Å². The second-order valence-electron chi connectivity index (χ2n) is 6.21. The lowest BCUT2D eigenvalue weighted by atomic mass is 10.2. The topological polar surface area (TPSA) is 81.8 Å². The third-order valence-corrected chi connectivity index (χ3v) is 4.42. The van der Waals surface area contributed by atoms with Gasteiger partial charge in [0.15, 0.2) is 17.5 Å². The van der Waals surface area contributed by atoms with E-state index in [4.69, 9.17) is 0 Å². The van der Waals surface area contributed by atoms with E-state index in [0.717, 1.165) is 6.07 Å². The summed E-state index contributed by atoms with van der Waals surface area (Å²) in [5.41, 5.74) is -0.512. The summed E-state index contributed by atoms with van der Waals surface area (Å²) in [6.07, 6.45) is 0. The maximum Gasteiger partial charge on any atom is 0.243 e. The summed E-state index contributed by atoms with van der Waals surface area (Å²) in [7, 11) is 0. The predicted octanol–water partition coefficient (Wildman–Crippen LogP) is 0.711. The Labute approximate surface area is 154 Å². The zero-order chi connectivity index (χ0) is 20.1. The van der Waals surface area contributed by atoms with Crippen LogP contribution in [0, 0.1) is 17.5 Å². The van der Waals surface area contributed by atoms with Gasteiger partial charge >= 0.3 is 0 Å². The van der Waals surface area contributed by atoms with Crippen molar-refractivity contribution in [1.82, 2.24) is 15.1 Å². The van der Waals surface area contributed by atoms with Crippen molar-refractivity contribution in [3.63, 3.8) is 0 Å². The quantitative estimate of drug-likeness (QED) is 0.731. The number of hydrogen-bond acceptors (Lipinski definition) is 4. The van der Waals surface area contributed by atoms with Crippen molar-refractivity contribution in [2.45, 2.75) is 19.9 Å². The molecule has 1 saturated heterocycles. The van der Waals surface area contributed by atoms with E-state index in [2.05, 4.69) is 10.6 Å². The van der Waals surface area contributed by atoms with E-state index < -0.39 is 47.5 Å². The fourth-order valence-corrected chi connectivity index (χ4v) is 2.72. The lowest BCUT2D eigenvalue weighted by Gasteiger charge is -2.36. The molecule has 0 spiro atoms. The molecule has 1 aromatic rings. The Kier molecular flexibility index (Phi) is 6.78. The number of hydrogen-bond donors (Lipinski definition) is 2. The molecule has 1 unspecified atom stereocenters. The lowest BCUT2D eigenvalue weighted by molar-refractivity contribution is -0.132. The number of rotatable bonds is 5. The Hall–Kier alpha value is -2.62. The van der Waals surface area contributed by atoms with Crippen LogP contribution in [0.15, 0.2) is 12.1 Å². The van der Waals surface area contributed by atoms with E-state index in [9.17, 15) is 27.6 Å². The molecule has 0 saturated carbocycles. The van der Waals surface area contributed by atoms with Crippen molar-refractivity contribution >= 4 is 23.4 Å². The average Bonchev–Trinajstić information content (AvgIpc) is 2.66. The fraction of sp³-hybridized carbons (Fsp3) is 0.471. The summed E-state index contributed by atoms with van der Waals surface area (Å²) >= 11 is 0. The van der Waals surface area contributed by atoms with E-state index in [1.54, 1.807) is 11.8 Å². The molecule has 0 radical (unpaired) electrons. The first-order valence-corrected chi connectivity index (χ1v) is 8.41. The zero-order valence-corrected chi connectivity index (χ0v) is 15.0. The van der Waals surface area contributed by atoms with Gasteiger partial charge < -0.3 is 15.5 Å². The number of nitrogens with zero attached hydrogens (tertiary/aromatic N) is 2. The first kappa shape index (κ1) is 20.7. The number of piperazine rings is 1. The summed E-state index contributed by atoms with van der Waals surface area (Å²) in [6, 6.07) is 1.06. The predicted molar refractivity (Wildman–Crippen MR) is 91.2 cm³/mol. The van der Waals surface area contributed by atoms with Gasteiger partial charge in [-0.1, -0.05) is 0 Å². The van der Waals surface area contributed by atoms with Gasteiger partial charge in [0.1, 0.15) is 0 Å². The summed E-state index contributed by atoms with van der Waals surface area (Å²) in [5.74, 6) is -5.76. The normalized spacial score (nSPS) is 16.0. The van der Waals surface area contributed by atoms with Crippen molar-refractivity contribution < 1.29 is 27.6 Å². The lowest BCUT2D eigenvalue weighted by Crippen LogP contribution is -2.55. The van der Waals surface area contributed by atoms with Gasteiger partial charge in [-0.2, -0.15) is 0 Å². The van der Waals surface area contributed by atoms with Gasteiger partial charge in [0.25, 0.3) is 0 Å². The summed E-state index contributed by atoms with van der Waals surface area (Å²) in [6.45, 7) is 4.80. The third-order valence-electron chi connectivity index (χ3n) is 4.42. The Balaban J connectivity index is 1.82. The van der Waals surface area contributed by atoms with Crippen LogP contribution in [0.25, 0.3) is 0 Å². The van der Waals surface area contributed by atoms with Crippen molar-refractivity contribution in [3.8, 4) is 0 Å². The first-order valence-electron chi connectivity index (χ1n) is 8.41. The highest BCUT2D eigenvalue weighted by Crippen LogP contribution is 2.19. The molecule has 3 amide bonds. The van der Waals surface area contributed by atoms with Crippen LogP contribution in [-0.2, 0) is 14.4 Å². The van der Waals surface area contributed by atoms with Gasteiger partial charge in [-0.05, 0) is 19.1 Å². The van der Waals surface area contributed by atoms with E-state index in [-0.39, 0.29) is 5.91 Å². The highest BCUT2D eigenvalue weighted by molar-refractivity contribution is 5.95. The van der Waals surface area contributed by atoms with E-state index in [0.29, 0.717) is 32.2 Å². The Morgan fingerprint density at radius 2 is 1.70 bits per heavy atom. The number of nitrogens with one attached hydrogen (secondary N) is 2. The average molecular weight is 386 g/mol. The molecule has 1 aromatic carbocycles. The van der Waals surface area contributed by atoms with E-state index in [1.807, 2.05) is 4.90 Å². The molecule has 0 aliphatic carbocycles. The van der Waals surface area contributed by atoms with Gasteiger partial charge in [0.05, 0.1) is 18.3 Å². The largest absolute Gasteiger partial charge is 0.346 e. The van der Waals surface area contributed by atoms with Crippen LogP contribution in [-0.4, -0.2) is 66.3 Å². The smallest absolute Gasteiger partial charge is 0.243 e. The molecule has 2 N–H and O–H groups in total. The highest BCUT2D eigenvalue weighted by atomic mass is 19.2. The number of amides is 3. The Morgan fingerprint density at radius 3 is 2.30 bits per heavy atom. The number of carbonyl (C=O) groups is 3. The number of anilines is 1. The number of halogens is 3. The maximum absolute atomic E-state index is 13.5. The minimum Gasteiger partial charge on any atom is -0.346 e. The van der Waals surface area contributed by atoms with Gasteiger partial charge in [-0.3, -0.25) is 19.3 Å². The molecule has 0 aromatic heterocycles. The number of benzene rings is 1. The van der Waals surface area contributed by atoms with Gasteiger partial charge in [-0.15, -0.1) is 0 Å². The minimum atomic E-state index is -1.69. The second kappa shape index (κ2) is 8.85. The molecule has 27 heavy (non-hydrogen) atoms. The molecule has 10 heteroatoms. The summed E-state index contributed by atoms with van der Waals surface area (Å²) in [5, 5.41) is 4.49. The molecular formula is C17H21F3N4O3. The first-order chi connectivity index (χ1) is 12.7. The van der Waals surface area contributed by atoms with Gasteiger partial charge in [0.2, 0.25) is 17.7 Å². The van der Waals surface area contributed by atoms with Gasteiger partial charge in [-0.25, -0.2) is 13.2 Å². The summed E-state index contributed by atoms with van der Waals surface area (Å²) < 4.78 is 39.5. The molecule has 148 valence electrons. The van der Waals surface area contributed by atoms with Crippen LogP contribution in [0.2, 0.25) is 0 Å². The standard InChI is InChI=1S/C17H21F3N4O3/c1-10(23-5-7-24(8-6-23)11(2)25)17(27)21-9-14(26)22-13-4-3-12(18)15(19)16(13)20/h3-4,10H,5-9H2,1-2H3,(H,21,27)(H,22,26). The molecule has 7 nitrogen and oxygen atoms in total. The van der Waals surface area contributed by atoms with Crippen molar-refractivity contribution in [1.29, 1.82) is 0 Å². The van der Waals surface area contributed by atoms with E-state index in [1.165, 1.54) is 6.92 Å². The molecule has 1 aliphatic heterocycles. The van der Waals surface area contributed by atoms with Crippen molar-refractivity contribution in [2.75, 3.05) is 38.0 Å². The SMILES string of the molecule is CC(=O)N1CCN(C(C)C(=O)NCC(=O)Nc2ccc(F)c(F)c2F)CC1. The van der Waals surface area contributed by atoms with Crippen LogP contribution < -0.4 is 10.6 Å². The Bertz CT molecular complexity index is 736. The highest BCUT2D eigenvalue weighted by Gasteiger charge is 2.26. The van der Waals surface area contributed by atoms with Crippen LogP contribution >= 0.6 is 0 Å². The Morgan fingerprint density at radius 1 is 1.07 bits per heavy atom. The molecule has 2 rings (SSSR count). The monoisotopic (exact) mass is 386 g/mol. The maximum atomic E-state index is 13.5. The van der Waals surface area contributed by atoms with Crippen LogP contribution in [0.5, 0.6) is 0 Å². The van der Waals surface area contributed by atoms with Crippen LogP contribution in [0.1, 0.15) is 13.8 Å². The summed E-state index contributed by atoms with van der Waals surface area (Å²) in [4.78, 5) is 38.9. The fourth-order valence-electron chi connectivity index (χ4n) is 2.72. The van der Waals surface area contributed by atoms with Crippen LogP contribution in [0.3, 0.4) is 0 Å². The third kappa shape index (κ3) is 5.19.